The van der Waals surface area contributed by atoms with Crippen molar-refractivity contribution in [1.29, 1.82) is 5.26 Å². The van der Waals surface area contributed by atoms with Crippen molar-refractivity contribution in [2.75, 3.05) is 18.4 Å². The van der Waals surface area contributed by atoms with Crippen molar-refractivity contribution < 1.29 is 23.1 Å². The number of aliphatic hydroxyl groups is 1. The van der Waals surface area contributed by atoms with Gasteiger partial charge in [0, 0.05) is 17.9 Å². The van der Waals surface area contributed by atoms with Gasteiger partial charge in [-0.05, 0) is 63.4 Å². The minimum absolute atomic E-state index is 0.118. The van der Waals surface area contributed by atoms with Gasteiger partial charge in [-0.1, -0.05) is 12.1 Å². The molecule has 11 heteroatoms. The van der Waals surface area contributed by atoms with Crippen LogP contribution in [0.3, 0.4) is 0 Å². The fourth-order valence-electron chi connectivity index (χ4n) is 4.64. The molecule has 1 saturated carbocycles. The molecular weight excluding hydrogens is 449 g/mol. The molecule has 4 rings (SSSR count). The molecule has 0 radical (unpaired) electrons. The first-order valence-corrected chi connectivity index (χ1v) is 11.2. The number of halogens is 3. The Hall–Kier alpha value is -3.10. The first-order chi connectivity index (χ1) is 16.0. The van der Waals surface area contributed by atoms with Crippen molar-refractivity contribution in [2.45, 2.75) is 56.5 Å². The number of amides is 1. The van der Waals surface area contributed by atoms with Gasteiger partial charge >= 0.3 is 6.18 Å². The van der Waals surface area contributed by atoms with Gasteiger partial charge in [0.05, 0.1) is 18.0 Å². The molecule has 4 N–H and O–H groups in total. The first kappa shape index (κ1) is 24.0. The summed E-state index contributed by atoms with van der Waals surface area (Å²) in [5.41, 5.74) is 2.71. The van der Waals surface area contributed by atoms with E-state index in [0.717, 1.165) is 44.5 Å². The van der Waals surface area contributed by atoms with Crippen molar-refractivity contribution in [1.82, 2.24) is 14.7 Å². The lowest BCUT2D eigenvalue weighted by atomic mass is 9.81. The number of aromatic nitrogens is 2. The molecule has 8 nitrogen and oxygen atoms in total. The number of hydrogen-bond acceptors (Lipinski definition) is 6. The van der Waals surface area contributed by atoms with E-state index in [4.69, 9.17) is 5.73 Å². The molecule has 34 heavy (non-hydrogen) atoms. The molecule has 1 aliphatic carbocycles. The van der Waals surface area contributed by atoms with Crippen LogP contribution in [0, 0.1) is 17.2 Å². The van der Waals surface area contributed by atoms with E-state index in [0.29, 0.717) is 18.7 Å². The van der Waals surface area contributed by atoms with Crippen molar-refractivity contribution >= 4 is 17.4 Å². The normalized spacial score (nSPS) is 25.1. The van der Waals surface area contributed by atoms with Gasteiger partial charge in [-0.3, -0.25) is 9.48 Å². The predicted octanol–water partition coefficient (Wildman–Crippen LogP) is 3.43. The van der Waals surface area contributed by atoms with Crippen LogP contribution in [0.15, 0.2) is 30.5 Å². The Kier molecular flexibility index (Phi) is 6.31. The van der Waals surface area contributed by atoms with E-state index in [9.17, 15) is 28.3 Å². The fraction of sp³-hybridized carbons (Fsp3) is 0.522. The van der Waals surface area contributed by atoms with Crippen LogP contribution in [0.2, 0.25) is 0 Å². The van der Waals surface area contributed by atoms with Crippen molar-refractivity contribution in [3.63, 3.8) is 0 Å². The number of primary amides is 1. The highest BCUT2D eigenvalue weighted by Crippen LogP contribution is 2.40. The third kappa shape index (κ3) is 4.48. The number of carbonyl (C=O) groups excluding carboxylic acids is 1. The van der Waals surface area contributed by atoms with E-state index in [1.165, 1.54) is 24.8 Å². The molecule has 0 spiro atoms. The van der Waals surface area contributed by atoms with E-state index >= 15 is 0 Å². The Bertz CT molecular complexity index is 1090. The molecule has 1 amide bonds. The first-order valence-electron chi connectivity index (χ1n) is 11.2. The van der Waals surface area contributed by atoms with Crippen molar-refractivity contribution in [3.05, 3.63) is 41.6 Å². The highest BCUT2D eigenvalue weighted by Gasteiger charge is 2.51. The van der Waals surface area contributed by atoms with E-state index in [1.54, 1.807) is 4.68 Å². The number of rotatable bonds is 6. The number of likely N-dealkylation sites (tertiary alicyclic amines) is 1. The zero-order valence-corrected chi connectivity index (χ0v) is 18.7. The molecule has 2 heterocycles. The zero-order valence-electron chi connectivity index (χ0n) is 18.7. The van der Waals surface area contributed by atoms with E-state index in [2.05, 4.69) is 21.4 Å². The van der Waals surface area contributed by atoms with Crippen LogP contribution in [0.4, 0.5) is 24.7 Å². The van der Waals surface area contributed by atoms with Crippen LogP contribution in [-0.4, -0.2) is 51.0 Å². The second kappa shape index (κ2) is 8.92. The molecule has 0 bridgehead atoms. The molecule has 1 aromatic heterocycles. The highest BCUT2D eigenvalue weighted by molar-refractivity contribution is 5.98. The second-order valence-corrected chi connectivity index (χ2v) is 9.17. The van der Waals surface area contributed by atoms with Gasteiger partial charge in [0.1, 0.15) is 5.56 Å². The number of carbonyl (C=O) groups is 1. The summed E-state index contributed by atoms with van der Waals surface area (Å²) >= 11 is 0. The summed E-state index contributed by atoms with van der Waals surface area (Å²) < 4.78 is 40.9. The molecule has 3 unspecified atom stereocenters. The van der Waals surface area contributed by atoms with Gasteiger partial charge in [0.15, 0.2) is 11.4 Å². The van der Waals surface area contributed by atoms with Crippen LogP contribution < -0.4 is 11.1 Å². The Balaban J connectivity index is 1.54. The predicted molar refractivity (Wildman–Crippen MR) is 118 cm³/mol. The van der Waals surface area contributed by atoms with Gasteiger partial charge in [-0.25, -0.2) is 0 Å². The summed E-state index contributed by atoms with van der Waals surface area (Å²) in [5.74, 6) is -0.825. The summed E-state index contributed by atoms with van der Waals surface area (Å²) in [6.45, 7) is 2.81. The Morgan fingerprint density at radius 1 is 1.26 bits per heavy atom. The molecule has 182 valence electrons. The Morgan fingerprint density at radius 3 is 2.47 bits per heavy atom. The van der Waals surface area contributed by atoms with Crippen molar-refractivity contribution in [2.24, 2.45) is 11.7 Å². The minimum Gasteiger partial charge on any atom is -0.376 e. The summed E-state index contributed by atoms with van der Waals surface area (Å²) in [7, 11) is 0. The minimum atomic E-state index is -4.83. The van der Waals surface area contributed by atoms with Gasteiger partial charge in [-0.2, -0.15) is 23.5 Å². The maximum atomic E-state index is 13.1. The number of nitriles is 1. The van der Waals surface area contributed by atoms with Gasteiger partial charge < -0.3 is 21.1 Å². The molecule has 2 fully saturated rings. The lowest BCUT2D eigenvalue weighted by Crippen LogP contribution is -2.48. The Labute approximate surface area is 195 Å². The summed E-state index contributed by atoms with van der Waals surface area (Å²) in [6, 6.07) is 7.58. The molecule has 4 atom stereocenters. The topological polar surface area (TPSA) is 120 Å². The third-order valence-corrected chi connectivity index (χ3v) is 6.96. The standard InChI is InChI=1S/C23H27F3N6O2/c1-22(34,23(24,25)26)15-3-5-16(6-4-15)29-21-18(20(28)33)13-32(30-21)19-8-7-17(11-14(19)12-27)31-9-2-10-31/h3-6,13-14,17,19,34H,2,7-11H2,1H3,(H2,28,33)(H,29,30)/t14?,17?,19?,22-/m1/s1. The lowest BCUT2D eigenvalue weighted by molar-refractivity contribution is -0.258. The van der Waals surface area contributed by atoms with Gasteiger partial charge in [0.25, 0.3) is 5.91 Å². The molecule has 1 saturated heterocycles. The largest absolute Gasteiger partial charge is 0.421 e. The van der Waals surface area contributed by atoms with Crippen LogP contribution in [0.1, 0.15) is 54.6 Å². The van der Waals surface area contributed by atoms with Crippen LogP contribution >= 0.6 is 0 Å². The molecule has 2 aliphatic rings. The van der Waals surface area contributed by atoms with Crippen LogP contribution in [0.5, 0.6) is 0 Å². The fourth-order valence-corrected chi connectivity index (χ4v) is 4.64. The maximum Gasteiger partial charge on any atom is 0.421 e. The van der Waals surface area contributed by atoms with Gasteiger partial charge in [0.2, 0.25) is 0 Å². The Morgan fingerprint density at radius 2 is 1.94 bits per heavy atom. The number of nitrogens with two attached hydrogens (primary N) is 1. The van der Waals surface area contributed by atoms with Crippen LogP contribution in [0.25, 0.3) is 0 Å². The zero-order chi connectivity index (χ0) is 24.7. The second-order valence-electron chi connectivity index (χ2n) is 9.17. The number of anilines is 2. The number of alkyl halides is 3. The molecule has 1 aliphatic heterocycles. The van der Waals surface area contributed by atoms with Gasteiger partial charge in [-0.15, -0.1) is 0 Å². The van der Waals surface area contributed by atoms with E-state index in [-0.39, 0.29) is 28.9 Å². The van der Waals surface area contributed by atoms with Crippen molar-refractivity contribution in [3.8, 4) is 6.07 Å². The summed E-state index contributed by atoms with van der Waals surface area (Å²) in [5, 5.41) is 27.0. The number of nitrogens with one attached hydrogen (secondary N) is 1. The maximum absolute atomic E-state index is 13.1. The number of benzene rings is 1. The average Bonchev–Trinajstić information content (AvgIpc) is 3.16. The average molecular weight is 477 g/mol. The monoisotopic (exact) mass is 476 g/mol. The SMILES string of the molecule is C[C@@](O)(c1ccc(Nc2nn(C3CCC(N4CCC4)CC3C#N)cc2C(N)=O)cc1)C(F)(F)F. The van der Waals surface area contributed by atoms with E-state index < -0.39 is 17.7 Å². The number of nitrogens with zero attached hydrogens (tertiary/aromatic N) is 4. The van der Waals surface area contributed by atoms with Crippen LogP contribution in [-0.2, 0) is 5.60 Å². The molecule has 2 aromatic rings. The molecular formula is C23H27F3N6O2. The lowest BCUT2D eigenvalue weighted by Gasteiger charge is -2.43. The third-order valence-electron chi connectivity index (χ3n) is 6.96. The summed E-state index contributed by atoms with van der Waals surface area (Å²) in [4.78, 5) is 14.4. The smallest absolute Gasteiger partial charge is 0.376 e. The van der Waals surface area contributed by atoms with E-state index in [1.807, 2.05) is 0 Å². The quantitative estimate of drug-likeness (QED) is 0.588. The summed E-state index contributed by atoms with van der Waals surface area (Å²) in [6.07, 6.45) is 0.272. The number of hydrogen-bond donors (Lipinski definition) is 3. The molecule has 1 aromatic carbocycles. The highest BCUT2D eigenvalue weighted by atomic mass is 19.4.